The second-order valence-electron chi connectivity index (χ2n) is 12.6. The molecule has 0 aliphatic heterocycles. The third-order valence-corrected chi connectivity index (χ3v) is 12.9. The second-order valence-corrected chi connectivity index (χ2v) is 12.6. The number of ether oxygens (including phenoxy) is 2. The average molecular weight is 417 g/mol. The molecule has 8 aliphatic carbocycles. The highest BCUT2D eigenvalue weighted by atomic mass is 16.5. The molecule has 8 fully saturated rings. The van der Waals surface area contributed by atoms with Crippen LogP contribution in [0.2, 0.25) is 0 Å². The van der Waals surface area contributed by atoms with E-state index in [-0.39, 0.29) is 5.97 Å². The number of benzene rings is 1. The molecule has 0 bridgehead atoms. The highest BCUT2D eigenvalue weighted by Crippen LogP contribution is 2.90. The topological polar surface area (TPSA) is 35.5 Å². The average Bonchev–Trinajstić information content (AvgIpc) is 3.58. The Labute approximate surface area is 184 Å². The Morgan fingerprint density at radius 2 is 1.29 bits per heavy atom. The molecule has 0 heterocycles. The SMILES string of the molecule is COC(=O)C1(COc2ccccc2)[C@@H]2[C@@H]3CC[C@@H]4C5C6[C@H]7[C@H]8[C@@H](CC[C@@H]58)[C@H]1[C@@H]7[C@H]2[C@H]6[C@H]34. The van der Waals surface area contributed by atoms with Crippen LogP contribution in [0.25, 0.3) is 0 Å². The minimum Gasteiger partial charge on any atom is -0.492 e. The summed E-state index contributed by atoms with van der Waals surface area (Å²) in [7, 11) is 1.64. The van der Waals surface area contributed by atoms with Crippen LogP contribution in [0, 0.1) is 88.3 Å². The van der Waals surface area contributed by atoms with Gasteiger partial charge in [-0.1, -0.05) is 18.2 Å². The summed E-state index contributed by atoms with van der Waals surface area (Å²) in [5.41, 5.74) is -0.409. The molecule has 3 unspecified atom stereocenters. The first-order valence-electron chi connectivity index (χ1n) is 13.0. The lowest BCUT2D eigenvalue weighted by Gasteiger charge is -2.42. The standard InChI is InChI=1S/C28H32O3/c1-30-27(29)28(11-31-12-5-3-2-4-6-12)25-15-9-7-13-17-14-8-10-16-19(14)22-20(17)21(18(13)15)23(25)24(22)26(16)28/h2-6,13-26H,7-11H2,1H3/t13-,14+,15-,16-,17?,18+,19-,20?,21+,22-,23-,24+,25-,26+,28?/m1/s1. The molecule has 0 spiro atoms. The molecule has 0 aromatic heterocycles. The van der Waals surface area contributed by atoms with Gasteiger partial charge < -0.3 is 9.47 Å². The Kier molecular flexibility index (Phi) is 2.84. The summed E-state index contributed by atoms with van der Waals surface area (Å²) in [4.78, 5) is 13.9. The number of hydrogen-bond donors (Lipinski definition) is 0. The molecule has 8 saturated carbocycles. The fourth-order valence-electron chi connectivity index (χ4n) is 13.4. The van der Waals surface area contributed by atoms with Crippen molar-refractivity contribution in [3.05, 3.63) is 30.3 Å². The van der Waals surface area contributed by atoms with Gasteiger partial charge in [-0.05, 0) is 121 Å². The van der Waals surface area contributed by atoms with Gasteiger partial charge in [0.25, 0.3) is 0 Å². The molecule has 162 valence electrons. The van der Waals surface area contributed by atoms with Gasteiger partial charge in [0.05, 0.1) is 7.11 Å². The summed E-state index contributed by atoms with van der Waals surface area (Å²) < 4.78 is 12.2. The largest absolute Gasteiger partial charge is 0.492 e. The van der Waals surface area contributed by atoms with E-state index in [2.05, 4.69) is 0 Å². The van der Waals surface area contributed by atoms with Gasteiger partial charge in [0.1, 0.15) is 17.8 Å². The van der Waals surface area contributed by atoms with Gasteiger partial charge in [-0.25, -0.2) is 0 Å². The monoisotopic (exact) mass is 416 g/mol. The van der Waals surface area contributed by atoms with E-state index in [0.29, 0.717) is 18.4 Å². The number of esters is 1. The maximum absolute atomic E-state index is 13.9. The van der Waals surface area contributed by atoms with Crippen LogP contribution in [0.1, 0.15) is 25.7 Å². The lowest BCUT2D eigenvalue weighted by atomic mass is 9.62. The van der Waals surface area contributed by atoms with Crippen LogP contribution in [-0.4, -0.2) is 19.7 Å². The number of carbonyl (C=O) groups excluding carboxylic acids is 1. The summed E-state index contributed by atoms with van der Waals surface area (Å²) in [5, 5.41) is 0. The van der Waals surface area contributed by atoms with E-state index in [1.807, 2.05) is 30.3 Å². The van der Waals surface area contributed by atoms with E-state index < -0.39 is 5.41 Å². The van der Waals surface area contributed by atoms with Crippen molar-refractivity contribution in [2.45, 2.75) is 25.7 Å². The Hall–Kier alpha value is -1.51. The van der Waals surface area contributed by atoms with E-state index in [9.17, 15) is 4.79 Å². The summed E-state index contributed by atoms with van der Waals surface area (Å²) in [6.45, 7) is 0.543. The first-order valence-corrected chi connectivity index (χ1v) is 13.0. The Morgan fingerprint density at radius 3 is 1.87 bits per heavy atom. The van der Waals surface area contributed by atoms with Crippen LogP contribution in [0.5, 0.6) is 5.75 Å². The lowest BCUT2D eigenvalue weighted by molar-refractivity contribution is -0.165. The molecule has 3 nitrogen and oxygen atoms in total. The van der Waals surface area contributed by atoms with Crippen molar-refractivity contribution >= 4 is 5.97 Å². The van der Waals surface area contributed by atoms with E-state index >= 15 is 0 Å². The number of methoxy groups -OCH3 is 1. The molecule has 9 rings (SSSR count). The molecule has 1 aromatic rings. The predicted molar refractivity (Wildman–Crippen MR) is 114 cm³/mol. The van der Waals surface area contributed by atoms with Crippen molar-refractivity contribution in [1.82, 2.24) is 0 Å². The number of fused-ring (bicyclic) bond motifs is 4. The van der Waals surface area contributed by atoms with Gasteiger partial charge >= 0.3 is 5.97 Å². The van der Waals surface area contributed by atoms with Gasteiger partial charge in [0.15, 0.2) is 0 Å². The molecule has 15 atom stereocenters. The van der Waals surface area contributed by atoms with Crippen molar-refractivity contribution in [3.8, 4) is 5.75 Å². The number of carbonyl (C=O) groups is 1. The Morgan fingerprint density at radius 1 is 0.774 bits per heavy atom. The van der Waals surface area contributed by atoms with Crippen molar-refractivity contribution in [2.75, 3.05) is 13.7 Å². The quantitative estimate of drug-likeness (QED) is 0.677. The van der Waals surface area contributed by atoms with Gasteiger partial charge in [-0.15, -0.1) is 0 Å². The van der Waals surface area contributed by atoms with Crippen molar-refractivity contribution in [3.63, 3.8) is 0 Å². The molecular weight excluding hydrogens is 384 g/mol. The number of rotatable bonds is 4. The van der Waals surface area contributed by atoms with Gasteiger partial charge in [0, 0.05) is 0 Å². The van der Waals surface area contributed by atoms with Gasteiger partial charge in [0.2, 0.25) is 0 Å². The zero-order valence-electron chi connectivity index (χ0n) is 18.2. The molecule has 0 amide bonds. The van der Waals surface area contributed by atoms with Gasteiger partial charge in [-0.3, -0.25) is 4.79 Å². The van der Waals surface area contributed by atoms with Crippen LogP contribution in [0.3, 0.4) is 0 Å². The fourth-order valence-corrected chi connectivity index (χ4v) is 13.4. The third kappa shape index (κ3) is 1.53. The highest BCUT2D eigenvalue weighted by Gasteiger charge is 2.89. The molecule has 31 heavy (non-hydrogen) atoms. The van der Waals surface area contributed by atoms with Crippen LogP contribution in [0.4, 0.5) is 0 Å². The molecule has 1 aromatic carbocycles. The van der Waals surface area contributed by atoms with E-state index in [0.717, 1.165) is 76.8 Å². The molecule has 0 radical (unpaired) electrons. The summed E-state index contributed by atoms with van der Waals surface area (Å²) in [5.74, 6) is 13.0. The van der Waals surface area contributed by atoms with E-state index in [4.69, 9.17) is 9.47 Å². The zero-order valence-corrected chi connectivity index (χ0v) is 18.2. The maximum Gasteiger partial charge on any atom is 0.315 e. The van der Waals surface area contributed by atoms with Gasteiger partial charge in [-0.2, -0.15) is 0 Å². The first kappa shape index (κ1) is 17.0. The third-order valence-electron chi connectivity index (χ3n) is 12.9. The Bertz CT molecular complexity index is 941. The molecule has 8 aliphatic rings. The predicted octanol–water partition coefficient (Wildman–Crippen LogP) is 4.52. The second kappa shape index (κ2) is 5.18. The van der Waals surface area contributed by atoms with E-state index in [1.165, 1.54) is 25.7 Å². The smallest absolute Gasteiger partial charge is 0.315 e. The van der Waals surface area contributed by atoms with Crippen LogP contribution < -0.4 is 4.74 Å². The lowest BCUT2D eigenvalue weighted by Crippen LogP contribution is -2.50. The minimum atomic E-state index is -0.409. The van der Waals surface area contributed by atoms with Crippen molar-refractivity contribution in [1.29, 1.82) is 0 Å². The summed E-state index contributed by atoms with van der Waals surface area (Å²) in [6, 6.07) is 10.2. The molecular formula is C28H32O3. The summed E-state index contributed by atoms with van der Waals surface area (Å²) >= 11 is 0. The van der Waals surface area contributed by atoms with E-state index in [1.54, 1.807) is 7.11 Å². The molecule has 0 N–H and O–H groups in total. The van der Waals surface area contributed by atoms with Crippen LogP contribution in [0.15, 0.2) is 30.3 Å². The fraction of sp³-hybridized carbons (Fsp3) is 0.750. The first-order chi connectivity index (χ1) is 15.3. The number of para-hydroxylation sites is 1. The molecule has 0 saturated heterocycles. The van der Waals surface area contributed by atoms with Crippen LogP contribution >= 0.6 is 0 Å². The highest BCUT2D eigenvalue weighted by molar-refractivity contribution is 5.79. The van der Waals surface area contributed by atoms with Crippen molar-refractivity contribution in [2.24, 2.45) is 88.3 Å². The normalized spacial score (nSPS) is 61.6. The van der Waals surface area contributed by atoms with Crippen molar-refractivity contribution < 1.29 is 14.3 Å². The zero-order chi connectivity index (χ0) is 20.2. The summed E-state index contributed by atoms with van der Waals surface area (Å²) in [6.07, 6.45) is 5.63. The maximum atomic E-state index is 13.9. The minimum absolute atomic E-state index is 0.0766. The Balaban J connectivity index is 1.25. The van der Waals surface area contributed by atoms with Crippen LogP contribution in [-0.2, 0) is 9.53 Å². The number of hydrogen-bond acceptors (Lipinski definition) is 3. The molecule has 3 heteroatoms.